The maximum atomic E-state index is 9.70. The van der Waals surface area contributed by atoms with E-state index < -0.39 is 0 Å². The molecule has 17 heavy (non-hydrogen) atoms. The monoisotopic (exact) mass is 240 g/mol. The van der Waals surface area contributed by atoms with Crippen LogP contribution in [-0.2, 0) is 0 Å². The Morgan fingerprint density at radius 2 is 1.41 bits per heavy atom. The van der Waals surface area contributed by atoms with Crippen LogP contribution in [0.1, 0.15) is 84.5 Å². The molecular weight excluding hydrogens is 208 g/mol. The van der Waals surface area contributed by atoms with Gasteiger partial charge in [0.2, 0.25) is 0 Å². The minimum Gasteiger partial charge on any atom is -0.389 e. The Morgan fingerprint density at radius 3 is 2.06 bits per heavy atom. The van der Waals surface area contributed by atoms with Gasteiger partial charge in [-0.15, -0.1) is 0 Å². The van der Waals surface area contributed by atoms with Crippen LogP contribution < -0.4 is 0 Å². The van der Waals surface area contributed by atoms with Crippen molar-refractivity contribution in [1.29, 1.82) is 0 Å². The van der Waals surface area contributed by atoms with Crippen LogP contribution in [-0.4, -0.2) is 11.2 Å². The summed E-state index contributed by atoms with van der Waals surface area (Å²) in [6, 6.07) is 0. The van der Waals surface area contributed by atoms with E-state index in [-0.39, 0.29) is 6.10 Å². The third-order valence-electron chi connectivity index (χ3n) is 3.19. The van der Waals surface area contributed by atoms with Crippen molar-refractivity contribution in [3.05, 3.63) is 12.2 Å². The van der Waals surface area contributed by atoms with Crippen LogP contribution in [0.2, 0.25) is 0 Å². The van der Waals surface area contributed by atoms with Crippen LogP contribution in [0.15, 0.2) is 12.2 Å². The minimum atomic E-state index is -0.206. The Labute approximate surface area is 108 Å². The van der Waals surface area contributed by atoms with Gasteiger partial charge in [-0.1, -0.05) is 83.8 Å². The largest absolute Gasteiger partial charge is 0.389 e. The summed E-state index contributed by atoms with van der Waals surface area (Å²) >= 11 is 0. The highest BCUT2D eigenvalue weighted by atomic mass is 16.3. The quantitative estimate of drug-likeness (QED) is 0.365. The Bertz CT molecular complexity index is 163. The molecule has 0 spiro atoms. The maximum Gasteiger partial charge on any atom is 0.0720 e. The highest BCUT2D eigenvalue weighted by molar-refractivity contribution is 4.88. The number of hydrogen-bond acceptors (Lipinski definition) is 1. The highest BCUT2D eigenvalue weighted by Crippen LogP contribution is 2.10. The fourth-order valence-corrected chi connectivity index (χ4v) is 1.98. The fraction of sp³-hybridized carbons (Fsp3) is 0.875. The average molecular weight is 240 g/mol. The molecule has 0 fully saturated rings. The summed E-state index contributed by atoms with van der Waals surface area (Å²) in [5, 5.41) is 9.70. The van der Waals surface area contributed by atoms with Crippen molar-refractivity contribution in [3.8, 4) is 0 Å². The molecule has 102 valence electrons. The molecule has 0 saturated carbocycles. The van der Waals surface area contributed by atoms with Crippen LogP contribution in [0.25, 0.3) is 0 Å². The van der Waals surface area contributed by atoms with Crippen LogP contribution in [0, 0.1) is 0 Å². The molecule has 1 N–H and O–H groups in total. The van der Waals surface area contributed by atoms with E-state index in [9.17, 15) is 5.11 Å². The smallest absolute Gasteiger partial charge is 0.0720 e. The number of aliphatic hydroxyl groups excluding tert-OH is 1. The third-order valence-corrected chi connectivity index (χ3v) is 3.19. The summed E-state index contributed by atoms with van der Waals surface area (Å²) in [5.41, 5.74) is 0. The summed E-state index contributed by atoms with van der Waals surface area (Å²) in [7, 11) is 0. The number of aliphatic hydroxyl groups is 1. The lowest BCUT2D eigenvalue weighted by molar-refractivity contribution is 0.207. The first kappa shape index (κ1) is 16.7. The van der Waals surface area contributed by atoms with Gasteiger partial charge < -0.3 is 5.11 Å². The Hall–Kier alpha value is -0.300. The van der Waals surface area contributed by atoms with Crippen molar-refractivity contribution in [1.82, 2.24) is 0 Å². The zero-order valence-electron chi connectivity index (χ0n) is 12.0. The van der Waals surface area contributed by atoms with Crippen LogP contribution in [0.5, 0.6) is 0 Å². The molecule has 1 unspecified atom stereocenters. The Kier molecular flexibility index (Phi) is 13.5. The maximum absolute atomic E-state index is 9.70. The van der Waals surface area contributed by atoms with E-state index >= 15 is 0 Å². The molecule has 0 aliphatic heterocycles. The number of unbranched alkanes of at least 4 members (excludes halogenated alkanes) is 8. The van der Waals surface area contributed by atoms with Gasteiger partial charge in [0.1, 0.15) is 0 Å². The average Bonchev–Trinajstić information content (AvgIpc) is 2.33. The molecule has 0 aromatic rings. The minimum absolute atomic E-state index is 0.206. The van der Waals surface area contributed by atoms with E-state index in [0.29, 0.717) is 0 Å². The third kappa shape index (κ3) is 13.6. The second kappa shape index (κ2) is 13.8. The summed E-state index contributed by atoms with van der Waals surface area (Å²) in [4.78, 5) is 0. The molecular formula is C16H32O. The number of allylic oxidation sites excluding steroid dienone is 1. The van der Waals surface area contributed by atoms with Crippen molar-refractivity contribution in [2.24, 2.45) is 0 Å². The Morgan fingerprint density at radius 1 is 0.824 bits per heavy atom. The van der Waals surface area contributed by atoms with Gasteiger partial charge in [-0.25, -0.2) is 0 Å². The number of hydrogen-bond donors (Lipinski definition) is 1. The summed E-state index contributed by atoms with van der Waals surface area (Å²) in [5.74, 6) is 0. The van der Waals surface area contributed by atoms with Gasteiger partial charge in [0.05, 0.1) is 6.10 Å². The van der Waals surface area contributed by atoms with Crippen molar-refractivity contribution < 1.29 is 5.11 Å². The lowest BCUT2D eigenvalue weighted by Gasteiger charge is -2.05. The van der Waals surface area contributed by atoms with Gasteiger partial charge in [-0.3, -0.25) is 0 Å². The van der Waals surface area contributed by atoms with Gasteiger partial charge >= 0.3 is 0 Å². The second-order valence-corrected chi connectivity index (χ2v) is 5.05. The molecule has 1 heteroatoms. The molecule has 0 aliphatic rings. The van der Waals surface area contributed by atoms with E-state index in [1.165, 1.54) is 57.8 Å². The van der Waals surface area contributed by atoms with E-state index in [2.05, 4.69) is 19.9 Å². The lowest BCUT2D eigenvalue weighted by atomic mass is 10.1. The van der Waals surface area contributed by atoms with Crippen molar-refractivity contribution in [3.63, 3.8) is 0 Å². The lowest BCUT2D eigenvalue weighted by Crippen LogP contribution is -2.01. The fourth-order valence-electron chi connectivity index (χ4n) is 1.98. The van der Waals surface area contributed by atoms with Crippen molar-refractivity contribution >= 4 is 0 Å². The second-order valence-electron chi connectivity index (χ2n) is 5.05. The molecule has 0 amide bonds. The van der Waals surface area contributed by atoms with E-state index in [0.717, 1.165) is 12.8 Å². The molecule has 0 saturated heterocycles. The zero-order valence-corrected chi connectivity index (χ0v) is 12.0. The topological polar surface area (TPSA) is 20.2 Å². The molecule has 0 radical (unpaired) electrons. The standard InChI is InChI=1S/C16H32O/c1-3-5-7-9-10-11-13-15-16(17)14-12-8-6-4-2/h12,14,16-17H,3-11,13,15H2,1-2H3. The van der Waals surface area contributed by atoms with Gasteiger partial charge in [-0.2, -0.15) is 0 Å². The first-order valence-electron chi connectivity index (χ1n) is 7.66. The van der Waals surface area contributed by atoms with Gasteiger partial charge in [0.15, 0.2) is 0 Å². The first-order chi connectivity index (χ1) is 8.31. The van der Waals surface area contributed by atoms with E-state index in [1.54, 1.807) is 0 Å². The molecule has 0 rings (SSSR count). The van der Waals surface area contributed by atoms with E-state index in [1.807, 2.05) is 6.08 Å². The molecule has 0 aromatic heterocycles. The highest BCUT2D eigenvalue weighted by Gasteiger charge is 1.98. The molecule has 0 aromatic carbocycles. The normalized spacial score (nSPS) is 13.4. The zero-order chi connectivity index (χ0) is 12.8. The van der Waals surface area contributed by atoms with Gasteiger partial charge in [-0.05, 0) is 12.8 Å². The molecule has 0 heterocycles. The molecule has 0 aliphatic carbocycles. The van der Waals surface area contributed by atoms with Crippen LogP contribution in [0.3, 0.4) is 0 Å². The molecule has 1 nitrogen and oxygen atoms in total. The SMILES string of the molecule is CCCCC=CC(O)CCCCCCCCC. The molecule has 0 bridgehead atoms. The van der Waals surface area contributed by atoms with Crippen molar-refractivity contribution in [2.45, 2.75) is 90.6 Å². The summed E-state index contributed by atoms with van der Waals surface area (Å²) in [6.07, 6.45) is 17.7. The summed E-state index contributed by atoms with van der Waals surface area (Å²) in [6.45, 7) is 4.45. The van der Waals surface area contributed by atoms with E-state index in [4.69, 9.17) is 0 Å². The van der Waals surface area contributed by atoms with Gasteiger partial charge in [0, 0.05) is 0 Å². The predicted molar refractivity (Wildman–Crippen MR) is 77.3 cm³/mol. The van der Waals surface area contributed by atoms with Crippen LogP contribution >= 0.6 is 0 Å². The van der Waals surface area contributed by atoms with Gasteiger partial charge in [0.25, 0.3) is 0 Å². The Balaban J connectivity index is 3.21. The predicted octanol–water partition coefficient (Wildman–Crippen LogP) is 5.23. The van der Waals surface area contributed by atoms with Crippen molar-refractivity contribution in [2.75, 3.05) is 0 Å². The molecule has 1 atom stereocenters. The number of rotatable bonds is 12. The van der Waals surface area contributed by atoms with Crippen LogP contribution in [0.4, 0.5) is 0 Å². The summed E-state index contributed by atoms with van der Waals surface area (Å²) < 4.78 is 0. The first-order valence-corrected chi connectivity index (χ1v) is 7.66.